The van der Waals surface area contributed by atoms with Crippen LogP contribution in [0.5, 0.6) is 0 Å². The van der Waals surface area contributed by atoms with E-state index in [-0.39, 0.29) is 25.8 Å². The predicted octanol–water partition coefficient (Wildman–Crippen LogP) is 6.23. The van der Waals surface area contributed by atoms with Crippen LogP contribution < -0.4 is 0 Å². The van der Waals surface area contributed by atoms with Crippen molar-refractivity contribution in [2.24, 2.45) is 0 Å². The van der Waals surface area contributed by atoms with Crippen LogP contribution in [0.1, 0.15) is 21.6 Å². The van der Waals surface area contributed by atoms with Crippen LogP contribution in [0.15, 0.2) is 85.1 Å². The summed E-state index contributed by atoms with van der Waals surface area (Å²) in [6.07, 6.45) is 3.58. The smallest absolute Gasteiger partial charge is 0.354 e. The summed E-state index contributed by atoms with van der Waals surface area (Å²) in [5.74, 6) is -0.990. The second kappa shape index (κ2) is 8.94. The molecule has 0 saturated carbocycles. The van der Waals surface area contributed by atoms with Crippen LogP contribution in [0.3, 0.4) is 0 Å². The number of carboxylic acid groups (broad SMARTS) is 1. The van der Waals surface area contributed by atoms with Crippen LogP contribution in [0.4, 0.5) is 0 Å². The van der Waals surface area contributed by atoms with Crippen molar-refractivity contribution in [2.75, 3.05) is 0 Å². The fourth-order valence-electron chi connectivity index (χ4n) is 4.91. The molecule has 2 aliphatic rings. The summed E-state index contributed by atoms with van der Waals surface area (Å²) in [6.45, 7) is 0. The molecule has 7 rings (SSSR count). The Bertz CT molecular complexity index is 1550. The summed E-state index contributed by atoms with van der Waals surface area (Å²) in [5, 5.41) is 9.65. The molecule has 0 spiro atoms. The third kappa shape index (κ3) is 3.54. The van der Waals surface area contributed by atoms with Crippen LogP contribution in [0, 0.1) is 6.07 Å². The third-order valence-electron chi connectivity index (χ3n) is 6.31. The van der Waals surface area contributed by atoms with Crippen molar-refractivity contribution in [1.29, 1.82) is 0 Å². The molecule has 34 heavy (non-hydrogen) atoms. The second-order valence-corrected chi connectivity index (χ2v) is 8.15. The van der Waals surface area contributed by atoms with Gasteiger partial charge in [0.25, 0.3) is 0 Å². The Kier molecular flexibility index (Phi) is 5.82. The normalized spacial score (nSPS) is 11.9. The maximum absolute atomic E-state index is 10.1. The van der Waals surface area contributed by atoms with Gasteiger partial charge in [-0.3, -0.25) is 4.98 Å². The molecule has 3 aromatic carbocycles. The first kappa shape index (κ1) is 22.1. The summed E-state index contributed by atoms with van der Waals surface area (Å²) in [5.41, 5.74) is 11.7. The summed E-state index contributed by atoms with van der Waals surface area (Å²) < 4.78 is 0. The number of aromatic nitrogens is 2. The quantitative estimate of drug-likeness (QED) is 0.222. The van der Waals surface area contributed by atoms with E-state index in [1.54, 1.807) is 12.1 Å². The van der Waals surface area contributed by atoms with Gasteiger partial charge in [0.1, 0.15) is 5.69 Å². The average molecular weight is 620 g/mol. The fourth-order valence-corrected chi connectivity index (χ4v) is 4.91. The molecule has 1 N–H and O–H groups in total. The molecule has 167 valence electrons. The first-order chi connectivity index (χ1) is 16.2. The van der Waals surface area contributed by atoms with Crippen molar-refractivity contribution in [3.63, 3.8) is 0 Å². The molecule has 0 bridgehead atoms. The molecule has 5 heteroatoms. The number of carbonyl (C=O) groups is 1. The average Bonchev–Trinajstić information content (AvgIpc) is 3.21. The minimum atomic E-state index is -0.990. The molecule has 2 aliphatic carbocycles. The zero-order chi connectivity index (χ0) is 22.4. The van der Waals surface area contributed by atoms with Gasteiger partial charge in [-0.25, -0.2) is 9.78 Å². The number of carboxylic acids is 1. The Morgan fingerprint density at radius 1 is 0.853 bits per heavy atom. The number of hydrogen-bond donors (Lipinski definition) is 1. The second-order valence-electron chi connectivity index (χ2n) is 8.15. The van der Waals surface area contributed by atoms with Gasteiger partial charge in [-0.05, 0) is 52.6 Å². The van der Waals surface area contributed by atoms with E-state index >= 15 is 0 Å². The van der Waals surface area contributed by atoms with E-state index in [2.05, 4.69) is 65.6 Å². The van der Waals surface area contributed by atoms with E-state index < -0.39 is 5.97 Å². The van der Waals surface area contributed by atoms with Crippen molar-refractivity contribution in [3.8, 4) is 33.5 Å². The van der Waals surface area contributed by atoms with Crippen molar-refractivity contribution >= 4 is 16.9 Å². The zero-order valence-corrected chi connectivity index (χ0v) is 20.5. The van der Waals surface area contributed by atoms with Gasteiger partial charge in [-0.2, -0.15) is 0 Å². The SMILES string of the molecule is O=C(O)c1ccccn1.[Ir].[c-]1cccc2c1-c1nc3cccc4c3c(c1CC2)-c1ccccc1-4. The minimum absolute atomic E-state index is 0. The summed E-state index contributed by atoms with van der Waals surface area (Å²) in [6, 6.07) is 29.8. The van der Waals surface area contributed by atoms with Gasteiger partial charge in [0.2, 0.25) is 0 Å². The van der Waals surface area contributed by atoms with E-state index in [4.69, 9.17) is 10.1 Å². The topological polar surface area (TPSA) is 63.1 Å². The monoisotopic (exact) mass is 620 g/mol. The molecule has 0 aliphatic heterocycles. The minimum Gasteiger partial charge on any atom is -0.477 e. The molecule has 0 atom stereocenters. The Morgan fingerprint density at radius 3 is 2.41 bits per heavy atom. The summed E-state index contributed by atoms with van der Waals surface area (Å²) in [7, 11) is 0. The van der Waals surface area contributed by atoms with E-state index in [0.717, 1.165) is 24.1 Å². The molecule has 1 radical (unpaired) electrons. The van der Waals surface area contributed by atoms with Crippen LogP contribution in [-0.2, 0) is 32.9 Å². The van der Waals surface area contributed by atoms with Crippen LogP contribution >= 0.6 is 0 Å². The molecule has 2 aromatic heterocycles. The molecule has 0 amide bonds. The van der Waals surface area contributed by atoms with Crippen LogP contribution in [0.2, 0.25) is 0 Å². The van der Waals surface area contributed by atoms with E-state index in [1.165, 1.54) is 56.6 Å². The van der Waals surface area contributed by atoms with E-state index in [0.29, 0.717) is 0 Å². The molecule has 0 unspecified atom stereocenters. The molecule has 0 fully saturated rings. The number of aryl methyl sites for hydroxylation is 1. The number of hydrogen-bond acceptors (Lipinski definition) is 3. The van der Waals surface area contributed by atoms with Gasteiger partial charge in [0.15, 0.2) is 0 Å². The molecule has 2 heterocycles. The molecular formula is C29H19IrN2O2-. The van der Waals surface area contributed by atoms with Crippen molar-refractivity contribution < 1.29 is 30.0 Å². The Balaban J connectivity index is 0.000000206. The standard InChI is InChI=1S/C23H14N.C6H5NO2.Ir/c1-2-7-15-14(6-1)12-13-19-21-17-9-4-3-8-16(17)18-10-5-11-20(22(18)21)24-23(15)19;8-6(9)5-3-1-2-4-7-5;/h1-6,8-11H,12-13H2;1-4H,(H,8,9);/q-1;;. The fraction of sp³-hybridized carbons (Fsp3) is 0.0690. The predicted molar refractivity (Wildman–Crippen MR) is 129 cm³/mol. The maximum atomic E-state index is 10.1. The Morgan fingerprint density at radius 2 is 1.65 bits per heavy atom. The number of fused-ring (bicyclic) bond motifs is 7. The zero-order valence-electron chi connectivity index (χ0n) is 18.1. The first-order valence-corrected chi connectivity index (χ1v) is 10.9. The number of aromatic carboxylic acids is 1. The van der Waals surface area contributed by atoms with Gasteiger partial charge in [0.05, 0.1) is 5.52 Å². The van der Waals surface area contributed by atoms with Gasteiger partial charge in [-0.15, -0.1) is 35.4 Å². The molecule has 0 saturated heterocycles. The number of pyridine rings is 2. The summed E-state index contributed by atoms with van der Waals surface area (Å²) >= 11 is 0. The largest absolute Gasteiger partial charge is 0.477 e. The van der Waals surface area contributed by atoms with Gasteiger partial charge < -0.3 is 5.11 Å². The Hall–Kier alpha value is -3.66. The molecule has 5 aromatic rings. The van der Waals surface area contributed by atoms with Crippen molar-refractivity contribution in [1.82, 2.24) is 9.97 Å². The third-order valence-corrected chi connectivity index (χ3v) is 6.31. The number of benzene rings is 3. The summed E-state index contributed by atoms with van der Waals surface area (Å²) in [4.78, 5) is 18.8. The molecular weight excluding hydrogens is 601 g/mol. The maximum Gasteiger partial charge on any atom is 0.354 e. The van der Waals surface area contributed by atoms with Gasteiger partial charge in [-0.1, -0.05) is 54.4 Å². The first-order valence-electron chi connectivity index (χ1n) is 10.9. The van der Waals surface area contributed by atoms with Gasteiger partial charge in [0, 0.05) is 31.7 Å². The van der Waals surface area contributed by atoms with E-state index in [9.17, 15) is 4.79 Å². The van der Waals surface area contributed by atoms with E-state index in [1.807, 2.05) is 6.07 Å². The number of rotatable bonds is 1. The van der Waals surface area contributed by atoms with Crippen LogP contribution in [-0.4, -0.2) is 21.0 Å². The van der Waals surface area contributed by atoms with Gasteiger partial charge >= 0.3 is 5.97 Å². The molecule has 4 nitrogen and oxygen atoms in total. The van der Waals surface area contributed by atoms with Crippen molar-refractivity contribution in [3.05, 3.63) is 108 Å². The van der Waals surface area contributed by atoms with Crippen molar-refractivity contribution in [2.45, 2.75) is 12.8 Å². The number of nitrogens with zero attached hydrogens (tertiary/aromatic N) is 2. The Labute approximate surface area is 210 Å². The van der Waals surface area contributed by atoms with Crippen LogP contribution in [0.25, 0.3) is 44.4 Å².